The molecule has 2 rings (SSSR count). The third-order valence-corrected chi connectivity index (χ3v) is 3.86. The van der Waals surface area contributed by atoms with E-state index in [4.69, 9.17) is 9.47 Å². The van der Waals surface area contributed by atoms with Gasteiger partial charge in [0, 0.05) is 0 Å². The minimum Gasteiger partial charge on any atom is -0.462 e. The molecule has 0 spiro atoms. The van der Waals surface area contributed by atoms with Gasteiger partial charge in [0.2, 0.25) is 0 Å². The summed E-state index contributed by atoms with van der Waals surface area (Å²) in [5, 5.41) is 0. The number of carbonyl (C=O) groups is 2. The van der Waals surface area contributed by atoms with Crippen molar-refractivity contribution in [3.05, 3.63) is 83.9 Å². The Morgan fingerprint density at radius 1 is 0.692 bits per heavy atom. The van der Waals surface area contributed by atoms with Crippen LogP contribution >= 0.6 is 0 Å². The van der Waals surface area contributed by atoms with Crippen molar-refractivity contribution < 1.29 is 19.1 Å². The van der Waals surface area contributed by atoms with Crippen molar-refractivity contribution in [2.45, 2.75) is 25.7 Å². The lowest BCUT2D eigenvalue weighted by Crippen LogP contribution is -2.18. The van der Waals surface area contributed by atoms with Crippen molar-refractivity contribution in [1.29, 1.82) is 0 Å². The van der Waals surface area contributed by atoms with Gasteiger partial charge in [-0.05, 0) is 36.8 Å². The highest BCUT2D eigenvalue weighted by molar-refractivity contribution is 6.13. The van der Waals surface area contributed by atoms with Gasteiger partial charge in [0.15, 0.2) is 0 Å². The first kappa shape index (κ1) is 19.4. The molecule has 0 amide bonds. The number of hydrogen-bond acceptors (Lipinski definition) is 4. The highest BCUT2D eigenvalue weighted by Crippen LogP contribution is 2.06. The Balaban J connectivity index is 1.59. The molecule has 0 unspecified atom stereocenters. The smallest absolute Gasteiger partial charge is 0.344 e. The van der Waals surface area contributed by atoms with Gasteiger partial charge >= 0.3 is 11.9 Å². The summed E-state index contributed by atoms with van der Waals surface area (Å²) in [6.45, 7) is 3.97. The van der Waals surface area contributed by atoms with Crippen LogP contribution in [0.25, 0.3) is 0 Å². The van der Waals surface area contributed by atoms with Crippen molar-refractivity contribution in [3.8, 4) is 0 Å². The minimum absolute atomic E-state index is 0.244. The SMILES string of the molecule is C=C(C(=O)OCCCc1ccccc1)C(=O)OCCCc1ccccc1. The average Bonchev–Trinajstić information content (AvgIpc) is 2.69. The normalized spacial score (nSPS) is 10.2. The molecule has 136 valence electrons. The maximum atomic E-state index is 11.8. The van der Waals surface area contributed by atoms with Crippen LogP contribution in [0, 0.1) is 0 Å². The summed E-state index contributed by atoms with van der Waals surface area (Å²) >= 11 is 0. The number of ether oxygens (including phenoxy) is 2. The van der Waals surface area contributed by atoms with E-state index in [0.717, 1.165) is 12.8 Å². The van der Waals surface area contributed by atoms with Crippen molar-refractivity contribution in [2.75, 3.05) is 13.2 Å². The Bertz CT molecular complexity index is 646. The van der Waals surface area contributed by atoms with Gasteiger partial charge in [-0.1, -0.05) is 67.2 Å². The Morgan fingerprint density at radius 3 is 1.46 bits per heavy atom. The highest BCUT2D eigenvalue weighted by Gasteiger charge is 2.18. The Morgan fingerprint density at radius 2 is 1.08 bits per heavy atom. The summed E-state index contributed by atoms with van der Waals surface area (Å²) in [7, 11) is 0. The number of carbonyl (C=O) groups excluding carboxylic acids is 2. The van der Waals surface area contributed by atoms with E-state index in [9.17, 15) is 9.59 Å². The Hall–Kier alpha value is -2.88. The maximum absolute atomic E-state index is 11.8. The number of esters is 2. The molecular formula is C22H24O4. The van der Waals surface area contributed by atoms with E-state index in [1.54, 1.807) is 0 Å². The largest absolute Gasteiger partial charge is 0.462 e. The lowest BCUT2D eigenvalue weighted by molar-refractivity contribution is -0.147. The third kappa shape index (κ3) is 6.93. The number of benzene rings is 2. The minimum atomic E-state index is -0.717. The fourth-order valence-corrected chi connectivity index (χ4v) is 2.43. The topological polar surface area (TPSA) is 52.6 Å². The molecule has 0 aliphatic rings. The highest BCUT2D eigenvalue weighted by atomic mass is 16.6. The van der Waals surface area contributed by atoms with E-state index in [0.29, 0.717) is 12.8 Å². The number of aryl methyl sites for hydroxylation is 2. The first-order valence-electron chi connectivity index (χ1n) is 8.78. The average molecular weight is 352 g/mol. The van der Waals surface area contributed by atoms with E-state index in [2.05, 4.69) is 6.58 Å². The van der Waals surface area contributed by atoms with Crippen LogP contribution < -0.4 is 0 Å². The van der Waals surface area contributed by atoms with E-state index in [1.165, 1.54) is 11.1 Å². The zero-order chi connectivity index (χ0) is 18.6. The van der Waals surface area contributed by atoms with E-state index in [-0.39, 0.29) is 18.8 Å². The van der Waals surface area contributed by atoms with Crippen LogP contribution in [0.3, 0.4) is 0 Å². The van der Waals surface area contributed by atoms with Crippen LogP contribution in [0.15, 0.2) is 72.8 Å². The van der Waals surface area contributed by atoms with Crippen LogP contribution in [0.5, 0.6) is 0 Å². The van der Waals surface area contributed by atoms with Crippen molar-refractivity contribution in [3.63, 3.8) is 0 Å². The van der Waals surface area contributed by atoms with Gasteiger partial charge in [-0.3, -0.25) is 0 Å². The van der Waals surface area contributed by atoms with Crippen LogP contribution in [0.4, 0.5) is 0 Å². The van der Waals surface area contributed by atoms with Gasteiger partial charge in [-0.15, -0.1) is 0 Å². The van der Waals surface area contributed by atoms with Gasteiger partial charge in [-0.25, -0.2) is 9.59 Å². The monoisotopic (exact) mass is 352 g/mol. The van der Waals surface area contributed by atoms with Crippen molar-refractivity contribution >= 4 is 11.9 Å². The standard InChI is InChI=1S/C22H24O4/c1-18(21(23)25-16-8-14-19-10-4-2-5-11-19)22(24)26-17-9-15-20-12-6-3-7-13-20/h2-7,10-13H,1,8-9,14-17H2. The van der Waals surface area contributed by atoms with Crippen molar-refractivity contribution in [2.24, 2.45) is 0 Å². The molecule has 26 heavy (non-hydrogen) atoms. The Labute approximate surface area is 154 Å². The molecule has 0 aliphatic heterocycles. The van der Waals surface area contributed by atoms with Gasteiger partial charge in [0.25, 0.3) is 0 Å². The summed E-state index contributed by atoms with van der Waals surface area (Å²) in [4.78, 5) is 23.7. The molecule has 0 bridgehead atoms. The molecule has 0 heterocycles. The second-order valence-corrected chi connectivity index (χ2v) is 5.93. The van der Waals surface area contributed by atoms with Crippen molar-refractivity contribution in [1.82, 2.24) is 0 Å². The zero-order valence-corrected chi connectivity index (χ0v) is 14.9. The van der Waals surface area contributed by atoms with Gasteiger partial charge in [0.1, 0.15) is 5.57 Å². The summed E-state index contributed by atoms with van der Waals surface area (Å²) in [5.74, 6) is -1.43. The second kappa shape index (κ2) is 10.9. The van der Waals surface area contributed by atoms with Crippen LogP contribution in [0.2, 0.25) is 0 Å². The van der Waals surface area contributed by atoms with E-state index < -0.39 is 11.9 Å². The third-order valence-electron chi connectivity index (χ3n) is 3.86. The molecule has 0 saturated carbocycles. The quantitative estimate of drug-likeness (QED) is 0.214. The molecule has 4 nitrogen and oxygen atoms in total. The summed E-state index contributed by atoms with van der Waals surface area (Å²) in [6, 6.07) is 19.9. The molecule has 0 aliphatic carbocycles. The summed E-state index contributed by atoms with van der Waals surface area (Å²) in [6.07, 6.45) is 3.00. The first-order chi connectivity index (χ1) is 12.7. The van der Waals surface area contributed by atoms with E-state index >= 15 is 0 Å². The molecule has 0 aromatic heterocycles. The van der Waals surface area contributed by atoms with Crippen LogP contribution in [-0.4, -0.2) is 25.2 Å². The molecule has 0 fully saturated rings. The molecule has 0 atom stereocenters. The molecular weight excluding hydrogens is 328 g/mol. The van der Waals surface area contributed by atoms with Gasteiger partial charge < -0.3 is 9.47 Å². The Kier molecular flexibility index (Phi) is 8.13. The fraction of sp³-hybridized carbons (Fsp3) is 0.273. The number of hydrogen-bond donors (Lipinski definition) is 0. The van der Waals surface area contributed by atoms with Gasteiger partial charge in [-0.2, -0.15) is 0 Å². The predicted octanol–water partition coefficient (Wildman–Crippen LogP) is 3.89. The summed E-state index contributed by atoms with van der Waals surface area (Å²) < 4.78 is 10.2. The molecule has 0 radical (unpaired) electrons. The van der Waals surface area contributed by atoms with Crippen LogP contribution in [0.1, 0.15) is 24.0 Å². The lowest BCUT2D eigenvalue weighted by atomic mass is 10.1. The van der Waals surface area contributed by atoms with Crippen LogP contribution in [-0.2, 0) is 31.9 Å². The fourth-order valence-electron chi connectivity index (χ4n) is 2.43. The second-order valence-electron chi connectivity index (χ2n) is 5.93. The molecule has 0 saturated heterocycles. The molecule has 4 heteroatoms. The molecule has 2 aromatic carbocycles. The molecule has 0 N–H and O–H groups in total. The lowest BCUT2D eigenvalue weighted by Gasteiger charge is -2.08. The first-order valence-corrected chi connectivity index (χ1v) is 8.78. The summed E-state index contributed by atoms with van der Waals surface area (Å²) in [5.41, 5.74) is 2.10. The maximum Gasteiger partial charge on any atom is 0.344 e. The number of rotatable bonds is 10. The predicted molar refractivity (Wildman–Crippen MR) is 101 cm³/mol. The molecule has 2 aromatic rings. The van der Waals surface area contributed by atoms with Gasteiger partial charge in [0.05, 0.1) is 13.2 Å². The van der Waals surface area contributed by atoms with E-state index in [1.807, 2.05) is 60.7 Å². The zero-order valence-electron chi connectivity index (χ0n) is 14.9.